The molecule has 244 valence electrons. The van der Waals surface area contributed by atoms with Gasteiger partial charge in [0.25, 0.3) is 12.3 Å². The standard InChI is InChI=1S/C28H31F2N7O3S.2C2H6/c1-40-22-13-31-21(26(29)30)10-19(22)18-11-23(37-9-8-36(15-25(37)38)14-17-4-5-17)32-12-20(18)27(39)33-28-35-34-24(41-28)7-6-16-2-3-16;2*1-2/h10-13,16-17,21,24,26,31,34H,2-5,8-9,14-15H2,1H3,(H,33,35,39);2*1-2H3. The summed E-state index contributed by atoms with van der Waals surface area (Å²) >= 11 is 1.28. The fourth-order valence-electron chi connectivity index (χ4n) is 4.86. The minimum atomic E-state index is -2.69. The van der Waals surface area contributed by atoms with Gasteiger partial charge in [-0.25, -0.2) is 13.8 Å². The Morgan fingerprint density at radius 2 is 1.93 bits per heavy atom. The quantitative estimate of drug-likeness (QED) is 0.376. The molecule has 4 heterocycles. The number of allylic oxidation sites excluding steroid dienone is 1. The van der Waals surface area contributed by atoms with Crippen molar-refractivity contribution >= 4 is 40.1 Å². The fourth-order valence-corrected chi connectivity index (χ4v) is 5.58. The second-order valence-electron chi connectivity index (χ2n) is 10.7. The number of alkyl halides is 2. The first kappa shape index (κ1) is 34.2. The summed E-state index contributed by atoms with van der Waals surface area (Å²) in [5.41, 5.74) is 3.66. The first-order valence-electron chi connectivity index (χ1n) is 15.7. The summed E-state index contributed by atoms with van der Waals surface area (Å²) in [4.78, 5) is 34.8. The van der Waals surface area contributed by atoms with Crippen LogP contribution in [0.2, 0.25) is 0 Å². The van der Waals surface area contributed by atoms with Crippen LogP contribution in [0.4, 0.5) is 14.6 Å². The molecular formula is C32H43F2N7O3S. The average molecular weight is 644 g/mol. The third-order valence-electron chi connectivity index (χ3n) is 7.45. The Bertz CT molecular complexity index is 1380. The molecule has 0 spiro atoms. The normalized spacial score (nSPS) is 22.5. The molecule has 1 saturated heterocycles. The summed E-state index contributed by atoms with van der Waals surface area (Å²) in [6.45, 7) is 10.4. The Balaban J connectivity index is 0.00000111. The van der Waals surface area contributed by atoms with Crippen molar-refractivity contribution in [3.05, 3.63) is 41.4 Å². The van der Waals surface area contributed by atoms with E-state index in [4.69, 9.17) is 4.74 Å². The molecule has 3 aliphatic heterocycles. The zero-order valence-electron chi connectivity index (χ0n) is 26.5. The number of carbonyl (C=O) groups is 2. The van der Waals surface area contributed by atoms with Gasteiger partial charge in [-0.3, -0.25) is 30.1 Å². The molecule has 5 aliphatic rings. The molecule has 2 atom stereocenters. The SMILES string of the molecule is CC.CC.COC1=CNC(C(F)F)C=C1c1cc(N2CCN(CC3CC3)CC2=O)ncc1C(=O)NC1=NNC(C#CC2CC2)S1. The Kier molecular flexibility index (Phi) is 12.2. The third-order valence-corrected chi connectivity index (χ3v) is 8.33. The zero-order chi connectivity index (χ0) is 32.5. The van der Waals surface area contributed by atoms with E-state index in [1.165, 1.54) is 50.2 Å². The monoisotopic (exact) mass is 643 g/mol. The van der Waals surface area contributed by atoms with Crippen LogP contribution >= 0.6 is 11.8 Å². The molecule has 3 fully saturated rings. The molecule has 1 aromatic rings. The number of amides is 2. The molecular weight excluding hydrogens is 600 g/mol. The number of hydrazone groups is 1. The maximum absolute atomic E-state index is 13.7. The number of thioether (sulfide) groups is 1. The number of pyridine rings is 1. The fraction of sp³-hybridized carbons (Fsp3) is 0.562. The smallest absolute Gasteiger partial charge is 0.261 e. The number of nitrogens with zero attached hydrogens (tertiary/aromatic N) is 4. The number of nitrogens with one attached hydrogen (secondary N) is 3. The Labute approximate surface area is 268 Å². The van der Waals surface area contributed by atoms with Gasteiger partial charge < -0.3 is 10.1 Å². The van der Waals surface area contributed by atoms with Crippen LogP contribution in [0.1, 0.15) is 69.3 Å². The summed E-state index contributed by atoms with van der Waals surface area (Å²) < 4.78 is 32.9. The van der Waals surface area contributed by atoms with E-state index in [0.29, 0.717) is 47.0 Å². The zero-order valence-corrected chi connectivity index (χ0v) is 27.3. The van der Waals surface area contributed by atoms with E-state index in [0.717, 1.165) is 19.4 Å². The highest BCUT2D eigenvalue weighted by Crippen LogP contribution is 2.34. The summed E-state index contributed by atoms with van der Waals surface area (Å²) in [5.74, 6) is 7.41. The van der Waals surface area contributed by atoms with Gasteiger partial charge in [0.2, 0.25) is 5.91 Å². The van der Waals surface area contributed by atoms with E-state index in [-0.39, 0.29) is 29.1 Å². The number of aromatic nitrogens is 1. The van der Waals surface area contributed by atoms with Gasteiger partial charge in [0.15, 0.2) is 10.5 Å². The topological polar surface area (TPSA) is 111 Å². The molecule has 1 aromatic heterocycles. The van der Waals surface area contributed by atoms with Crippen LogP contribution in [0, 0.1) is 23.7 Å². The van der Waals surface area contributed by atoms with Gasteiger partial charge in [0, 0.05) is 49.1 Å². The predicted octanol–water partition coefficient (Wildman–Crippen LogP) is 4.38. The highest BCUT2D eigenvalue weighted by atomic mass is 32.2. The Morgan fingerprint density at radius 1 is 1.18 bits per heavy atom. The number of piperazine rings is 1. The predicted molar refractivity (Wildman–Crippen MR) is 174 cm³/mol. The minimum absolute atomic E-state index is 0.0964. The summed E-state index contributed by atoms with van der Waals surface area (Å²) in [6, 6.07) is 0.315. The van der Waals surface area contributed by atoms with Crippen LogP contribution in [0.3, 0.4) is 0 Å². The lowest BCUT2D eigenvalue weighted by Gasteiger charge is -2.34. The summed E-state index contributed by atoms with van der Waals surface area (Å²) in [7, 11) is 1.42. The van der Waals surface area contributed by atoms with Crippen molar-refractivity contribution in [3.63, 3.8) is 0 Å². The highest BCUT2D eigenvalue weighted by molar-refractivity contribution is 8.14. The van der Waals surface area contributed by atoms with E-state index in [2.05, 4.69) is 42.9 Å². The molecule has 2 aliphatic carbocycles. The lowest BCUT2D eigenvalue weighted by atomic mass is 9.95. The van der Waals surface area contributed by atoms with Gasteiger partial charge in [0.05, 0.1) is 19.2 Å². The molecule has 2 amide bonds. The van der Waals surface area contributed by atoms with Gasteiger partial charge >= 0.3 is 0 Å². The van der Waals surface area contributed by atoms with Crippen molar-refractivity contribution in [1.29, 1.82) is 0 Å². The number of ether oxygens (including phenoxy) is 1. The largest absolute Gasteiger partial charge is 0.495 e. The second-order valence-corrected chi connectivity index (χ2v) is 11.8. The number of anilines is 1. The number of carbonyl (C=O) groups excluding carboxylic acids is 2. The summed E-state index contributed by atoms with van der Waals surface area (Å²) in [5, 5.41) is 9.66. The maximum Gasteiger partial charge on any atom is 0.261 e. The molecule has 3 N–H and O–H groups in total. The van der Waals surface area contributed by atoms with Gasteiger partial charge in [-0.15, -0.1) is 0 Å². The van der Waals surface area contributed by atoms with Crippen LogP contribution in [0.25, 0.3) is 5.57 Å². The van der Waals surface area contributed by atoms with Gasteiger partial charge in [-0.1, -0.05) is 39.5 Å². The van der Waals surface area contributed by atoms with E-state index >= 15 is 0 Å². The van der Waals surface area contributed by atoms with Gasteiger partial charge in [-0.05, 0) is 55.5 Å². The van der Waals surface area contributed by atoms with Crippen molar-refractivity contribution in [2.75, 3.05) is 38.2 Å². The number of rotatable bonds is 7. The van der Waals surface area contributed by atoms with Crippen LogP contribution in [0.15, 0.2) is 35.4 Å². The third kappa shape index (κ3) is 8.98. The number of methoxy groups -OCH3 is 1. The van der Waals surface area contributed by atoms with Crippen LogP contribution < -0.4 is 21.0 Å². The molecule has 2 unspecified atom stereocenters. The van der Waals surface area contributed by atoms with Gasteiger partial charge in [0.1, 0.15) is 17.6 Å². The lowest BCUT2D eigenvalue weighted by molar-refractivity contribution is -0.121. The van der Waals surface area contributed by atoms with Crippen molar-refractivity contribution in [2.45, 2.75) is 71.2 Å². The number of halogens is 2. The molecule has 6 rings (SSSR count). The number of amidine groups is 1. The number of hydrogen-bond donors (Lipinski definition) is 3. The molecule has 0 aromatic carbocycles. The van der Waals surface area contributed by atoms with Crippen molar-refractivity contribution < 1.29 is 23.1 Å². The molecule has 10 nitrogen and oxygen atoms in total. The van der Waals surface area contributed by atoms with Gasteiger partial charge in [-0.2, -0.15) is 5.10 Å². The van der Waals surface area contributed by atoms with Crippen molar-refractivity contribution in [3.8, 4) is 11.8 Å². The van der Waals surface area contributed by atoms with Crippen LogP contribution in [-0.2, 0) is 9.53 Å². The molecule has 0 radical (unpaired) electrons. The van der Waals surface area contributed by atoms with E-state index < -0.39 is 18.4 Å². The Hall–Kier alpha value is -3.63. The first-order chi connectivity index (χ1) is 21.9. The van der Waals surface area contributed by atoms with E-state index in [1.54, 1.807) is 11.0 Å². The Morgan fingerprint density at radius 3 is 2.58 bits per heavy atom. The summed E-state index contributed by atoms with van der Waals surface area (Å²) in [6.07, 6.45) is 6.00. The minimum Gasteiger partial charge on any atom is -0.495 e. The highest BCUT2D eigenvalue weighted by Gasteiger charge is 2.33. The number of dihydropyridines is 1. The van der Waals surface area contributed by atoms with Crippen LogP contribution in [0.5, 0.6) is 0 Å². The van der Waals surface area contributed by atoms with E-state index in [9.17, 15) is 18.4 Å². The average Bonchev–Trinajstić information content (AvgIpc) is 4.01. The molecule has 0 bridgehead atoms. The van der Waals surface area contributed by atoms with E-state index in [1.807, 2.05) is 27.7 Å². The van der Waals surface area contributed by atoms with Crippen molar-refractivity contribution in [1.82, 2.24) is 25.9 Å². The number of hydrogen-bond acceptors (Lipinski definition) is 9. The van der Waals surface area contributed by atoms with Crippen molar-refractivity contribution in [2.24, 2.45) is 16.9 Å². The molecule has 2 saturated carbocycles. The lowest BCUT2D eigenvalue weighted by Crippen LogP contribution is -2.51. The van der Waals surface area contributed by atoms with Crippen LogP contribution in [-0.4, -0.2) is 78.0 Å². The maximum atomic E-state index is 13.7. The second kappa shape index (κ2) is 16.1. The first-order valence-corrected chi connectivity index (χ1v) is 16.6. The molecule has 45 heavy (non-hydrogen) atoms. The molecule has 13 heteroatoms.